The van der Waals surface area contributed by atoms with Crippen LogP contribution in [0.4, 0.5) is 0 Å². The van der Waals surface area contributed by atoms with Crippen molar-refractivity contribution in [1.82, 2.24) is 15.5 Å². The lowest BCUT2D eigenvalue weighted by atomic mass is 10.3. The maximum atomic E-state index is 11.6. The summed E-state index contributed by atoms with van der Waals surface area (Å²) in [6.45, 7) is 4.60. The molecule has 102 valence electrons. The van der Waals surface area contributed by atoms with Crippen LogP contribution in [0.1, 0.15) is 32.6 Å². The first-order chi connectivity index (χ1) is 8.72. The zero-order valence-corrected chi connectivity index (χ0v) is 11.4. The largest absolute Gasteiger partial charge is 0.356 e. The van der Waals surface area contributed by atoms with Gasteiger partial charge in [-0.3, -0.25) is 9.79 Å². The predicted octanol–water partition coefficient (Wildman–Crippen LogP) is 0.572. The molecule has 2 fully saturated rings. The van der Waals surface area contributed by atoms with E-state index in [-0.39, 0.29) is 5.91 Å². The molecule has 0 aromatic heterocycles. The molecule has 5 nitrogen and oxygen atoms in total. The summed E-state index contributed by atoms with van der Waals surface area (Å²) in [4.78, 5) is 17.8. The number of hydrogen-bond acceptors (Lipinski definition) is 2. The Hall–Kier alpha value is -1.26. The lowest BCUT2D eigenvalue weighted by Gasteiger charge is -2.18. The fourth-order valence-corrected chi connectivity index (χ4v) is 2.28. The molecular formula is C13H24N4O. The summed E-state index contributed by atoms with van der Waals surface area (Å²) in [6, 6.07) is 0.339. The number of aliphatic imine (C=N–C) groups is 1. The third-order valence-corrected chi connectivity index (χ3v) is 3.66. The summed E-state index contributed by atoms with van der Waals surface area (Å²) in [5.41, 5.74) is 0. The first-order valence-electron chi connectivity index (χ1n) is 6.98. The van der Waals surface area contributed by atoms with Gasteiger partial charge in [-0.15, -0.1) is 0 Å². The van der Waals surface area contributed by atoms with Gasteiger partial charge in [0.25, 0.3) is 0 Å². The highest BCUT2D eigenvalue weighted by Crippen LogP contribution is 2.27. The van der Waals surface area contributed by atoms with E-state index in [1.54, 1.807) is 7.05 Å². The number of amides is 1. The molecule has 2 N–H and O–H groups in total. The first kappa shape index (κ1) is 13.2. The number of likely N-dealkylation sites (tertiary alicyclic amines) is 1. The third-order valence-electron chi connectivity index (χ3n) is 3.66. The van der Waals surface area contributed by atoms with E-state index in [1.165, 1.54) is 12.8 Å². The highest BCUT2D eigenvalue weighted by Gasteiger charge is 2.26. The van der Waals surface area contributed by atoms with Crippen LogP contribution in [0.5, 0.6) is 0 Å². The summed E-state index contributed by atoms with van der Waals surface area (Å²) >= 11 is 0. The summed E-state index contributed by atoms with van der Waals surface area (Å²) in [7, 11) is 1.80. The molecule has 0 aromatic rings. The van der Waals surface area contributed by atoms with Crippen molar-refractivity contribution in [2.24, 2.45) is 10.9 Å². The summed E-state index contributed by atoms with van der Waals surface area (Å²) < 4.78 is 0. The summed E-state index contributed by atoms with van der Waals surface area (Å²) in [6.07, 6.45) is 4.29. The Kier molecular flexibility index (Phi) is 4.44. The number of carbonyl (C=O) groups is 1. The topological polar surface area (TPSA) is 56.7 Å². The Morgan fingerprint density at radius 1 is 1.39 bits per heavy atom. The van der Waals surface area contributed by atoms with E-state index in [2.05, 4.69) is 15.6 Å². The summed E-state index contributed by atoms with van der Waals surface area (Å²) in [5, 5.41) is 6.75. The van der Waals surface area contributed by atoms with Crippen molar-refractivity contribution in [3.05, 3.63) is 0 Å². The van der Waals surface area contributed by atoms with Crippen LogP contribution in [0.2, 0.25) is 0 Å². The van der Waals surface area contributed by atoms with Crippen molar-refractivity contribution in [2.45, 2.75) is 38.6 Å². The Bertz CT molecular complexity index is 325. The van der Waals surface area contributed by atoms with Crippen LogP contribution >= 0.6 is 0 Å². The van der Waals surface area contributed by atoms with E-state index in [0.29, 0.717) is 12.5 Å². The van der Waals surface area contributed by atoms with Gasteiger partial charge in [-0.2, -0.15) is 0 Å². The minimum absolute atomic E-state index is 0.250. The number of nitrogens with one attached hydrogen (secondary N) is 2. The highest BCUT2D eigenvalue weighted by molar-refractivity contribution is 5.80. The van der Waals surface area contributed by atoms with Gasteiger partial charge >= 0.3 is 0 Å². The van der Waals surface area contributed by atoms with Gasteiger partial charge in [0.05, 0.1) is 0 Å². The Morgan fingerprint density at radius 2 is 2.17 bits per heavy atom. The number of hydrogen-bond donors (Lipinski definition) is 2. The molecule has 1 heterocycles. The quantitative estimate of drug-likeness (QED) is 0.568. The van der Waals surface area contributed by atoms with E-state index in [1.807, 2.05) is 11.8 Å². The molecule has 1 saturated carbocycles. The lowest BCUT2D eigenvalue weighted by Crippen LogP contribution is -2.45. The van der Waals surface area contributed by atoms with Gasteiger partial charge in [-0.1, -0.05) is 6.92 Å². The predicted molar refractivity (Wildman–Crippen MR) is 72.5 cm³/mol. The van der Waals surface area contributed by atoms with Crippen molar-refractivity contribution in [2.75, 3.05) is 26.7 Å². The van der Waals surface area contributed by atoms with E-state index in [4.69, 9.17) is 0 Å². The molecule has 0 bridgehead atoms. The third kappa shape index (κ3) is 3.62. The molecule has 0 spiro atoms. The van der Waals surface area contributed by atoms with Crippen molar-refractivity contribution >= 4 is 11.9 Å². The van der Waals surface area contributed by atoms with Crippen molar-refractivity contribution in [1.29, 1.82) is 0 Å². The van der Waals surface area contributed by atoms with Gasteiger partial charge in [0.1, 0.15) is 0 Å². The first-order valence-corrected chi connectivity index (χ1v) is 6.98. The number of nitrogens with zero attached hydrogens (tertiary/aromatic N) is 2. The Balaban J connectivity index is 1.73. The molecule has 2 aliphatic rings. The molecule has 1 saturated heterocycles. The second kappa shape index (κ2) is 6.07. The molecule has 0 aromatic carbocycles. The highest BCUT2D eigenvalue weighted by atomic mass is 16.2. The number of guanidine groups is 1. The van der Waals surface area contributed by atoms with Crippen molar-refractivity contribution in [3.8, 4) is 0 Å². The van der Waals surface area contributed by atoms with E-state index >= 15 is 0 Å². The van der Waals surface area contributed by atoms with Gasteiger partial charge in [0.15, 0.2) is 5.96 Å². The van der Waals surface area contributed by atoms with Crippen LogP contribution in [0.15, 0.2) is 4.99 Å². The molecule has 5 heteroatoms. The zero-order chi connectivity index (χ0) is 13.0. The van der Waals surface area contributed by atoms with Gasteiger partial charge in [-0.05, 0) is 25.2 Å². The molecular weight excluding hydrogens is 228 g/mol. The molecule has 1 aliphatic carbocycles. The smallest absolute Gasteiger partial charge is 0.222 e. The van der Waals surface area contributed by atoms with Crippen LogP contribution in [0.25, 0.3) is 0 Å². The van der Waals surface area contributed by atoms with Crippen molar-refractivity contribution < 1.29 is 4.79 Å². The van der Waals surface area contributed by atoms with E-state index in [0.717, 1.165) is 37.9 Å². The normalized spacial score (nSPS) is 24.2. The molecule has 1 unspecified atom stereocenters. The van der Waals surface area contributed by atoms with Crippen LogP contribution in [-0.4, -0.2) is 49.5 Å². The fourth-order valence-electron chi connectivity index (χ4n) is 2.28. The zero-order valence-electron chi connectivity index (χ0n) is 11.4. The van der Waals surface area contributed by atoms with Crippen LogP contribution in [0.3, 0.4) is 0 Å². The lowest BCUT2D eigenvalue weighted by molar-refractivity contribution is -0.129. The minimum atomic E-state index is 0.250. The summed E-state index contributed by atoms with van der Waals surface area (Å²) in [5.74, 6) is 1.96. The standard InChI is InChI=1S/C13H24N4O/c1-3-12(18)17-7-6-11(9-17)16-13(14-2)15-8-10-4-5-10/h10-11H,3-9H2,1-2H3,(H2,14,15,16). The van der Waals surface area contributed by atoms with Crippen LogP contribution in [0, 0.1) is 5.92 Å². The van der Waals surface area contributed by atoms with Gasteiger partial charge in [0.2, 0.25) is 5.91 Å². The average molecular weight is 252 g/mol. The number of rotatable bonds is 4. The maximum Gasteiger partial charge on any atom is 0.222 e. The molecule has 18 heavy (non-hydrogen) atoms. The molecule has 1 atom stereocenters. The second-order valence-corrected chi connectivity index (χ2v) is 5.22. The van der Waals surface area contributed by atoms with Crippen LogP contribution in [-0.2, 0) is 4.79 Å². The van der Waals surface area contributed by atoms with Crippen LogP contribution < -0.4 is 10.6 Å². The average Bonchev–Trinajstić information content (AvgIpc) is 3.11. The minimum Gasteiger partial charge on any atom is -0.356 e. The molecule has 1 aliphatic heterocycles. The van der Waals surface area contributed by atoms with E-state index < -0.39 is 0 Å². The van der Waals surface area contributed by atoms with Gasteiger partial charge in [-0.25, -0.2) is 0 Å². The van der Waals surface area contributed by atoms with Crippen molar-refractivity contribution in [3.63, 3.8) is 0 Å². The maximum absolute atomic E-state index is 11.6. The SMILES string of the molecule is CCC(=O)N1CCC(NC(=NC)NCC2CC2)C1. The fraction of sp³-hybridized carbons (Fsp3) is 0.846. The Morgan fingerprint density at radius 3 is 2.78 bits per heavy atom. The Labute approximate surface area is 109 Å². The van der Waals surface area contributed by atoms with Gasteiger partial charge < -0.3 is 15.5 Å². The van der Waals surface area contributed by atoms with Gasteiger partial charge in [0, 0.05) is 39.1 Å². The monoisotopic (exact) mass is 252 g/mol. The van der Waals surface area contributed by atoms with E-state index in [9.17, 15) is 4.79 Å². The second-order valence-electron chi connectivity index (χ2n) is 5.22. The molecule has 2 rings (SSSR count). The molecule has 1 amide bonds. The number of carbonyl (C=O) groups excluding carboxylic acids is 1. The molecule has 0 radical (unpaired) electrons.